The van der Waals surface area contributed by atoms with Crippen molar-refractivity contribution >= 4 is 40.1 Å². The van der Waals surface area contributed by atoms with Gasteiger partial charge in [0.15, 0.2) is 0 Å². The second kappa shape index (κ2) is 13.3. The number of allylic oxidation sites excluding steroid dienone is 1. The smallest absolute Gasteiger partial charge is 0.272 e. The molecule has 1 aromatic carbocycles. The number of alkyl halides is 2. The van der Waals surface area contributed by atoms with E-state index in [-0.39, 0.29) is 50.6 Å². The van der Waals surface area contributed by atoms with Crippen LogP contribution in [0.5, 0.6) is 0 Å². The van der Waals surface area contributed by atoms with Crippen LogP contribution in [0, 0.1) is 22.7 Å². The molecule has 0 saturated carbocycles. The zero-order chi connectivity index (χ0) is 31.5. The molecule has 2 amide bonds. The van der Waals surface area contributed by atoms with Crippen LogP contribution >= 0.6 is 11.3 Å². The number of amides is 2. The number of fused-ring (bicyclic) bond motifs is 1. The van der Waals surface area contributed by atoms with Crippen molar-refractivity contribution in [2.75, 3.05) is 11.9 Å². The number of nitriles is 1. The second-order valence-electron chi connectivity index (χ2n) is 12.5. The van der Waals surface area contributed by atoms with Crippen molar-refractivity contribution in [3.63, 3.8) is 0 Å². The number of imidazole rings is 1. The summed E-state index contributed by atoms with van der Waals surface area (Å²) in [6.07, 6.45) is 0.545. The summed E-state index contributed by atoms with van der Waals surface area (Å²) in [6.45, 7) is 14.0. The van der Waals surface area contributed by atoms with Crippen LogP contribution in [0.25, 0.3) is 11.0 Å². The van der Waals surface area contributed by atoms with Gasteiger partial charge in [-0.05, 0) is 60.9 Å². The molecule has 0 aliphatic carbocycles. The fourth-order valence-corrected chi connectivity index (χ4v) is 5.80. The predicted molar refractivity (Wildman–Crippen MR) is 166 cm³/mol. The SMILES string of the molecule is CC(C)/C=C(\C#N)C(=O)N1CCC[C@@H]1Cn1c(NC(=O)c2ccc(C(F)F)s2)nc2ccc(CN[C@@H](C)C(C)(C)C)cc21. The second-order valence-corrected chi connectivity index (χ2v) is 13.6. The van der Waals surface area contributed by atoms with E-state index in [1.165, 1.54) is 12.1 Å². The van der Waals surface area contributed by atoms with Gasteiger partial charge < -0.3 is 14.8 Å². The number of halogens is 2. The fraction of sp³-hybridized carbons (Fsp3) is 0.500. The van der Waals surface area contributed by atoms with Crippen molar-refractivity contribution < 1.29 is 18.4 Å². The molecule has 1 aliphatic rings. The fourth-order valence-electron chi connectivity index (χ4n) is 5.04. The number of nitrogens with one attached hydrogen (secondary N) is 2. The summed E-state index contributed by atoms with van der Waals surface area (Å²) in [5.41, 5.74) is 2.69. The lowest BCUT2D eigenvalue weighted by Crippen LogP contribution is -2.39. The largest absolute Gasteiger partial charge is 0.333 e. The van der Waals surface area contributed by atoms with Crippen molar-refractivity contribution in [2.24, 2.45) is 11.3 Å². The molecular formula is C32H40F2N6O2S. The van der Waals surface area contributed by atoms with Crippen LogP contribution in [0.15, 0.2) is 42.0 Å². The van der Waals surface area contributed by atoms with Gasteiger partial charge in [-0.3, -0.25) is 14.9 Å². The van der Waals surface area contributed by atoms with Gasteiger partial charge >= 0.3 is 0 Å². The summed E-state index contributed by atoms with van der Waals surface area (Å²) in [7, 11) is 0. The van der Waals surface area contributed by atoms with Gasteiger partial charge in [0.05, 0.1) is 26.8 Å². The Morgan fingerprint density at radius 3 is 2.58 bits per heavy atom. The molecule has 4 rings (SSSR count). The molecule has 11 heteroatoms. The Balaban J connectivity index is 1.69. The first-order chi connectivity index (χ1) is 20.3. The minimum Gasteiger partial charge on any atom is -0.333 e. The first-order valence-electron chi connectivity index (χ1n) is 14.6. The number of hydrogen-bond acceptors (Lipinski definition) is 6. The number of carbonyl (C=O) groups excluding carboxylic acids is 2. The Bertz CT molecular complexity index is 1550. The van der Waals surface area contributed by atoms with Crippen LogP contribution in [0.2, 0.25) is 0 Å². The average molecular weight is 611 g/mol. The van der Waals surface area contributed by atoms with E-state index in [0.29, 0.717) is 25.2 Å². The van der Waals surface area contributed by atoms with Gasteiger partial charge in [0.2, 0.25) is 5.95 Å². The van der Waals surface area contributed by atoms with E-state index in [4.69, 9.17) is 4.98 Å². The van der Waals surface area contributed by atoms with Crippen molar-refractivity contribution in [3.8, 4) is 6.07 Å². The number of nitrogens with zero attached hydrogens (tertiary/aromatic N) is 4. The van der Waals surface area contributed by atoms with Crippen LogP contribution in [-0.2, 0) is 17.9 Å². The van der Waals surface area contributed by atoms with Crippen molar-refractivity contribution in [2.45, 2.75) is 86.0 Å². The highest BCUT2D eigenvalue weighted by Crippen LogP contribution is 2.30. The number of thiophene rings is 1. The lowest BCUT2D eigenvalue weighted by molar-refractivity contribution is -0.127. The average Bonchev–Trinajstić information content (AvgIpc) is 3.69. The Hall–Kier alpha value is -3.62. The van der Waals surface area contributed by atoms with Crippen molar-refractivity contribution in [1.82, 2.24) is 19.8 Å². The molecule has 1 fully saturated rings. The quantitative estimate of drug-likeness (QED) is 0.192. The molecule has 2 N–H and O–H groups in total. The third-order valence-electron chi connectivity index (χ3n) is 7.90. The maximum atomic E-state index is 13.4. The van der Waals surface area contributed by atoms with Gasteiger partial charge in [-0.15, -0.1) is 11.3 Å². The van der Waals surface area contributed by atoms with Gasteiger partial charge in [0.25, 0.3) is 18.2 Å². The zero-order valence-electron chi connectivity index (χ0n) is 25.6. The van der Waals surface area contributed by atoms with Crippen molar-refractivity contribution in [1.29, 1.82) is 5.26 Å². The molecular weight excluding hydrogens is 570 g/mol. The molecule has 3 heterocycles. The highest BCUT2D eigenvalue weighted by Gasteiger charge is 2.32. The lowest BCUT2D eigenvalue weighted by atomic mass is 9.88. The summed E-state index contributed by atoms with van der Waals surface area (Å²) in [5.74, 6) is -0.499. The Labute approximate surface area is 255 Å². The molecule has 1 aliphatic heterocycles. The molecule has 8 nitrogen and oxygen atoms in total. The number of anilines is 1. The van der Waals surface area contributed by atoms with E-state index in [2.05, 4.69) is 44.4 Å². The number of benzene rings is 1. The molecule has 2 aromatic heterocycles. The lowest BCUT2D eigenvalue weighted by Gasteiger charge is -2.28. The molecule has 0 spiro atoms. The Morgan fingerprint density at radius 2 is 1.95 bits per heavy atom. The highest BCUT2D eigenvalue weighted by atomic mass is 32.1. The maximum absolute atomic E-state index is 13.4. The normalized spacial score (nSPS) is 16.7. The number of aromatic nitrogens is 2. The van der Waals surface area contributed by atoms with Gasteiger partial charge in [-0.25, -0.2) is 13.8 Å². The third kappa shape index (κ3) is 7.67. The summed E-state index contributed by atoms with van der Waals surface area (Å²) < 4.78 is 28.2. The maximum Gasteiger partial charge on any atom is 0.272 e. The van der Waals surface area contributed by atoms with Gasteiger partial charge in [0, 0.05) is 25.7 Å². The summed E-state index contributed by atoms with van der Waals surface area (Å²) in [6, 6.07) is 10.7. The molecule has 0 radical (unpaired) electrons. The molecule has 230 valence electrons. The number of likely N-dealkylation sites (tertiary alicyclic amines) is 1. The van der Waals surface area contributed by atoms with Crippen LogP contribution < -0.4 is 10.6 Å². The Morgan fingerprint density at radius 1 is 1.21 bits per heavy atom. The molecule has 1 saturated heterocycles. The van der Waals surface area contributed by atoms with Crippen LogP contribution in [0.4, 0.5) is 14.7 Å². The monoisotopic (exact) mass is 610 g/mol. The predicted octanol–water partition coefficient (Wildman–Crippen LogP) is 6.91. The highest BCUT2D eigenvalue weighted by molar-refractivity contribution is 7.14. The van der Waals surface area contributed by atoms with E-state index >= 15 is 0 Å². The van der Waals surface area contributed by atoms with E-state index in [1.807, 2.05) is 36.6 Å². The first kappa shape index (κ1) is 32.3. The molecule has 2 atom stereocenters. The van der Waals surface area contributed by atoms with E-state index in [0.717, 1.165) is 35.3 Å². The van der Waals surface area contributed by atoms with Gasteiger partial charge in [0.1, 0.15) is 11.6 Å². The van der Waals surface area contributed by atoms with Crippen LogP contribution in [0.1, 0.15) is 80.9 Å². The topological polar surface area (TPSA) is 103 Å². The minimum atomic E-state index is -2.65. The Kier molecular flexibility index (Phi) is 10.0. The molecule has 0 unspecified atom stereocenters. The summed E-state index contributed by atoms with van der Waals surface area (Å²) >= 11 is 0.745. The third-order valence-corrected chi connectivity index (χ3v) is 8.99. The molecule has 3 aromatic rings. The van der Waals surface area contributed by atoms with Gasteiger partial charge in [-0.1, -0.05) is 46.8 Å². The number of carbonyl (C=O) groups is 2. The molecule has 43 heavy (non-hydrogen) atoms. The van der Waals surface area contributed by atoms with E-state index in [9.17, 15) is 23.6 Å². The standard InChI is InChI=1S/C32H40F2N6O2S/c1-19(2)14-22(16-35)30(42)39-13-7-8-23(39)18-40-25-15-21(17-36-20(3)32(4,5)6)9-10-24(25)37-31(40)38-29(41)27-12-11-26(43-27)28(33)34/h9-12,14-15,19-20,23,28,36H,7-8,13,17-18H2,1-6H3,(H,37,38,41)/b22-14+/t20-,23+/m0/s1. The van der Waals surface area contributed by atoms with Crippen molar-refractivity contribution in [3.05, 3.63) is 57.3 Å². The number of rotatable bonds is 10. The van der Waals surface area contributed by atoms with E-state index < -0.39 is 12.3 Å². The van der Waals surface area contributed by atoms with Crippen LogP contribution in [-0.4, -0.2) is 44.9 Å². The van der Waals surface area contributed by atoms with Crippen LogP contribution in [0.3, 0.4) is 0 Å². The van der Waals surface area contributed by atoms with E-state index in [1.54, 1.807) is 11.0 Å². The zero-order valence-corrected chi connectivity index (χ0v) is 26.4. The summed E-state index contributed by atoms with van der Waals surface area (Å²) in [5, 5.41) is 16.1. The number of hydrogen-bond donors (Lipinski definition) is 2. The molecule has 0 bridgehead atoms. The summed E-state index contributed by atoms with van der Waals surface area (Å²) in [4.78, 5) is 32.9. The first-order valence-corrected chi connectivity index (χ1v) is 15.4. The minimum absolute atomic E-state index is 0.0509. The van der Waals surface area contributed by atoms with Gasteiger partial charge in [-0.2, -0.15) is 5.26 Å².